The van der Waals surface area contributed by atoms with Crippen LogP contribution in [0.5, 0.6) is 5.75 Å². The van der Waals surface area contributed by atoms with Gasteiger partial charge in [-0.05, 0) is 60.9 Å². The second kappa shape index (κ2) is 11.0. The highest BCUT2D eigenvalue weighted by Crippen LogP contribution is 2.30. The molecular formula is C30H25FN2O4S. The Hall–Kier alpha value is -4.30. The number of aromatic nitrogens is 1. The number of ether oxygens (including phenoxy) is 2. The summed E-state index contributed by atoms with van der Waals surface area (Å²) in [7, 11) is 0. The lowest BCUT2D eigenvalue weighted by molar-refractivity contribution is -0.139. The summed E-state index contributed by atoms with van der Waals surface area (Å²) in [5.74, 6) is -0.106. The Morgan fingerprint density at radius 3 is 2.45 bits per heavy atom. The first kappa shape index (κ1) is 25.4. The van der Waals surface area contributed by atoms with Crippen molar-refractivity contribution in [1.82, 2.24) is 4.57 Å². The van der Waals surface area contributed by atoms with E-state index in [1.165, 1.54) is 23.5 Å². The molecule has 0 bridgehead atoms. The maximum absolute atomic E-state index is 13.6. The minimum Gasteiger partial charge on any atom is -0.489 e. The molecule has 0 radical (unpaired) electrons. The summed E-state index contributed by atoms with van der Waals surface area (Å²) in [6.07, 6.45) is 1.80. The normalized spacial score (nSPS) is 15.1. The molecule has 4 aromatic rings. The lowest BCUT2D eigenvalue weighted by Crippen LogP contribution is -2.39. The molecule has 0 aliphatic carbocycles. The molecule has 0 saturated carbocycles. The number of carbonyl (C=O) groups is 1. The highest BCUT2D eigenvalue weighted by molar-refractivity contribution is 7.07. The van der Waals surface area contributed by atoms with Crippen LogP contribution in [0.1, 0.15) is 36.6 Å². The quantitative estimate of drug-likeness (QED) is 0.331. The van der Waals surface area contributed by atoms with Gasteiger partial charge < -0.3 is 9.47 Å². The molecule has 0 amide bonds. The average molecular weight is 529 g/mol. The molecule has 6 nitrogen and oxygen atoms in total. The summed E-state index contributed by atoms with van der Waals surface area (Å²) in [5.41, 5.74) is 3.16. The van der Waals surface area contributed by atoms with E-state index in [1.807, 2.05) is 54.6 Å². The van der Waals surface area contributed by atoms with Crippen molar-refractivity contribution in [3.05, 3.63) is 132 Å². The third-order valence-corrected chi connectivity index (χ3v) is 7.11. The first-order chi connectivity index (χ1) is 18.4. The van der Waals surface area contributed by atoms with Gasteiger partial charge in [-0.25, -0.2) is 14.2 Å². The molecule has 1 aliphatic rings. The van der Waals surface area contributed by atoms with Gasteiger partial charge in [0.05, 0.1) is 28.5 Å². The van der Waals surface area contributed by atoms with Gasteiger partial charge in [0.25, 0.3) is 5.56 Å². The average Bonchev–Trinajstić information content (AvgIpc) is 3.23. The van der Waals surface area contributed by atoms with Crippen molar-refractivity contribution in [2.75, 3.05) is 6.61 Å². The van der Waals surface area contributed by atoms with Crippen molar-refractivity contribution >= 4 is 23.4 Å². The lowest BCUT2D eigenvalue weighted by Gasteiger charge is -2.24. The van der Waals surface area contributed by atoms with Crippen LogP contribution in [0.3, 0.4) is 0 Å². The van der Waals surface area contributed by atoms with E-state index in [-0.39, 0.29) is 18.0 Å². The number of fused-ring (bicyclic) bond motifs is 1. The molecule has 3 aromatic carbocycles. The van der Waals surface area contributed by atoms with Crippen molar-refractivity contribution in [2.24, 2.45) is 4.99 Å². The second-order valence-electron chi connectivity index (χ2n) is 8.70. The molecule has 0 spiro atoms. The van der Waals surface area contributed by atoms with Crippen LogP contribution >= 0.6 is 11.3 Å². The molecule has 0 N–H and O–H groups in total. The van der Waals surface area contributed by atoms with E-state index in [2.05, 4.69) is 4.99 Å². The van der Waals surface area contributed by atoms with Crippen LogP contribution in [0, 0.1) is 5.82 Å². The fraction of sp³-hybridized carbons (Fsp3) is 0.167. The van der Waals surface area contributed by atoms with Crippen LogP contribution in [-0.4, -0.2) is 17.1 Å². The number of rotatable bonds is 7. The summed E-state index contributed by atoms with van der Waals surface area (Å²) >= 11 is 1.28. The Balaban J connectivity index is 1.47. The van der Waals surface area contributed by atoms with Crippen LogP contribution in [0.25, 0.3) is 6.08 Å². The molecule has 0 fully saturated rings. The summed E-state index contributed by atoms with van der Waals surface area (Å²) in [6.45, 7) is 4.06. The van der Waals surface area contributed by atoms with Crippen molar-refractivity contribution in [3.63, 3.8) is 0 Å². The molecule has 38 heavy (non-hydrogen) atoms. The van der Waals surface area contributed by atoms with Crippen LogP contribution in [0.2, 0.25) is 0 Å². The fourth-order valence-corrected chi connectivity index (χ4v) is 5.35. The van der Waals surface area contributed by atoms with Crippen molar-refractivity contribution in [3.8, 4) is 5.75 Å². The Kier molecular flexibility index (Phi) is 7.33. The molecule has 1 aliphatic heterocycles. The molecular weight excluding hydrogens is 503 g/mol. The first-order valence-corrected chi connectivity index (χ1v) is 13.0. The number of hydrogen-bond donors (Lipinski definition) is 0. The molecule has 5 rings (SSSR count). The largest absolute Gasteiger partial charge is 0.489 e. The number of benzene rings is 3. The van der Waals surface area contributed by atoms with Gasteiger partial charge in [-0.1, -0.05) is 65.9 Å². The van der Waals surface area contributed by atoms with Gasteiger partial charge in [-0.2, -0.15) is 0 Å². The monoisotopic (exact) mass is 528 g/mol. The van der Waals surface area contributed by atoms with Gasteiger partial charge in [-0.15, -0.1) is 0 Å². The van der Waals surface area contributed by atoms with E-state index in [1.54, 1.807) is 36.6 Å². The Bertz CT molecular complexity index is 1670. The van der Waals surface area contributed by atoms with Gasteiger partial charge >= 0.3 is 5.97 Å². The number of esters is 1. The van der Waals surface area contributed by atoms with E-state index in [0.29, 0.717) is 33.0 Å². The van der Waals surface area contributed by atoms with E-state index < -0.39 is 12.0 Å². The van der Waals surface area contributed by atoms with E-state index in [4.69, 9.17) is 9.47 Å². The third-order valence-electron chi connectivity index (χ3n) is 6.13. The zero-order valence-corrected chi connectivity index (χ0v) is 21.7. The van der Waals surface area contributed by atoms with E-state index in [0.717, 1.165) is 16.7 Å². The topological polar surface area (TPSA) is 69.9 Å². The molecule has 1 aromatic heterocycles. The zero-order chi connectivity index (χ0) is 26.6. The number of carbonyl (C=O) groups excluding carboxylic acids is 1. The zero-order valence-electron chi connectivity index (χ0n) is 20.9. The van der Waals surface area contributed by atoms with Gasteiger partial charge in [0, 0.05) is 0 Å². The fourth-order valence-electron chi connectivity index (χ4n) is 4.30. The Labute approximate surface area is 222 Å². The molecule has 1 atom stereocenters. The maximum atomic E-state index is 13.6. The van der Waals surface area contributed by atoms with Crippen molar-refractivity contribution in [1.29, 1.82) is 0 Å². The molecule has 2 heterocycles. The predicted molar refractivity (Wildman–Crippen MR) is 144 cm³/mol. The first-order valence-electron chi connectivity index (χ1n) is 12.2. The van der Waals surface area contributed by atoms with Gasteiger partial charge in [0.1, 0.15) is 18.2 Å². The number of allylic oxidation sites excluding steroid dienone is 1. The Morgan fingerprint density at radius 2 is 1.76 bits per heavy atom. The minimum absolute atomic E-state index is 0.227. The van der Waals surface area contributed by atoms with Crippen LogP contribution in [0.4, 0.5) is 4.39 Å². The number of halogens is 1. The number of nitrogens with zero attached hydrogens (tertiary/aromatic N) is 2. The lowest BCUT2D eigenvalue weighted by atomic mass is 9.96. The van der Waals surface area contributed by atoms with Crippen molar-refractivity contribution < 1.29 is 18.7 Å². The highest BCUT2D eigenvalue weighted by atomic mass is 32.1. The smallest absolute Gasteiger partial charge is 0.338 e. The molecule has 192 valence electrons. The highest BCUT2D eigenvalue weighted by Gasteiger charge is 2.33. The van der Waals surface area contributed by atoms with Gasteiger partial charge in [0.2, 0.25) is 0 Å². The van der Waals surface area contributed by atoms with E-state index in [9.17, 15) is 14.0 Å². The maximum Gasteiger partial charge on any atom is 0.338 e. The Morgan fingerprint density at radius 1 is 1.05 bits per heavy atom. The molecule has 0 unspecified atom stereocenters. The van der Waals surface area contributed by atoms with Crippen molar-refractivity contribution in [2.45, 2.75) is 26.5 Å². The summed E-state index contributed by atoms with van der Waals surface area (Å²) in [5, 5.41) is 0. The third kappa shape index (κ3) is 5.21. The summed E-state index contributed by atoms with van der Waals surface area (Å²) < 4.78 is 26.3. The van der Waals surface area contributed by atoms with E-state index >= 15 is 0 Å². The van der Waals surface area contributed by atoms with Crippen LogP contribution < -0.4 is 19.6 Å². The molecule has 0 saturated heterocycles. The number of hydrogen-bond acceptors (Lipinski definition) is 6. The van der Waals surface area contributed by atoms with Gasteiger partial charge in [0.15, 0.2) is 4.80 Å². The summed E-state index contributed by atoms with van der Waals surface area (Å²) in [6, 6.07) is 22.3. The SMILES string of the molecule is CCOC(=O)C1=C(C)N=c2s/c(=C\c3ccc(OCc4ccc(F)cc4)cc3)c(=O)n2[C@H]1c1ccccc1. The second-order valence-corrected chi connectivity index (χ2v) is 9.71. The van der Waals surface area contributed by atoms with Crippen LogP contribution in [-0.2, 0) is 16.1 Å². The van der Waals surface area contributed by atoms with Gasteiger partial charge in [-0.3, -0.25) is 9.36 Å². The standard InChI is InChI=1S/C30H25FN2O4S/c1-3-36-29(35)26-19(2)32-30-33(27(26)22-7-5-4-6-8-22)28(34)25(38-30)17-20-11-15-24(16-12-20)37-18-21-9-13-23(31)14-10-21/h4-17,27H,3,18H2,1-2H3/b25-17-/t27-/m0/s1. The minimum atomic E-state index is -0.629. The predicted octanol–water partition coefficient (Wildman–Crippen LogP) is 4.52. The number of thiazole rings is 1. The van der Waals surface area contributed by atoms with Crippen LogP contribution in [0.15, 0.2) is 99.9 Å². The summed E-state index contributed by atoms with van der Waals surface area (Å²) in [4.78, 5) is 31.7. The molecule has 8 heteroatoms.